The predicted molar refractivity (Wildman–Crippen MR) is 86.4 cm³/mol. The molecule has 1 unspecified atom stereocenters. The molecule has 0 N–H and O–H groups in total. The zero-order chi connectivity index (χ0) is 16.0. The van der Waals surface area contributed by atoms with Gasteiger partial charge in [0.15, 0.2) is 9.04 Å². The van der Waals surface area contributed by atoms with E-state index in [2.05, 4.69) is 33.9 Å². The minimum Gasteiger partial charge on any atom is -0.493 e. The van der Waals surface area contributed by atoms with Gasteiger partial charge in [-0.1, -0.05) is 26.8 Å². The molecule has 1 aromatic rings. The molecule has 0 fully saturated rings. The average Bonchev–Trinajstić information content (AvgIpc) is 2.36. The molecule has 0 bridgehead atoms. The van der Waals surface area contributed by atoms with Gasteiger partial charge in [-0.25, -0.2) is 0 Å². The number of non-ortho nitro benzene ring substituents is 1. The van der Waals surface area contributed by atoms with Gasteiger partial charge in [-0.2, -0.15) is 0 Å². The van der Waals surface area contributed by atoms with Crippen LogP contribution in [-0.2, 0) is 4.43 Å². The van der Waals surface area contributed by atoms with E-state index in [1.165, 1.54) is 12.1 Å². The van der Waals surface area contributed by atoms with Crippen molar-refractivity contribution in [2.24, 2.45) is 5.41 Å². The Labute approximate surface area is 128 Å². The summed E-state index contributed by atoms with van der Waals surface area (Å²) in [6.07, 6.45) is 0.917. The molecule has 0 aliphatic rings. The highest BCUT2D eigenvalue weighted by Crippen LogP contribution is 2.26. The first-order valence-corrected chi connectivity index (χ1v) is 10.0. The molecule has 118 valence electrons. The fourth-order valence-corrected chi connectivity index (χ4v) is 3.21. The summed E-state index contributed by atoms with van der Waals surface area (Å²) in [6.45, 7) is 11.3. The highest BCUT2D eigenvalue weighted by atomic mass is 28.3. The molecule has 0 heterocycles. The van der Waals surface area contributed by atoms with Gasteiger partial charge >= 0.3 is 0 Å². The lowest BCUT2D eigenvalue weighted by molar-refractivity contribution is -0.384. The van der Waals surface area contributed by atoms with Gasteiger partial charge in [0.1, 0.15) is 5.75 Å². The van der Waals surface area contributed by atoms with Crippen LogP contribution < -0.4 is 4.74 Å². The number of ether oxygens (including phenoxy) is 1. The highest BCUT2D eigenvalue weighted by molar-refractivity contribution is 6.48. The van der Waals surface area contributed by atoms with Crippen molar-refractivity contribution < 1.29 is 14.1 Å². The van der Waals surface area contributed by atoms with Crippen LogP contribution in [0.2, 0.25) is 13.1 Å². The zero-order valence-corrected chi connectivity index (χ0v) is 14.6. The largest absolute Gasteiger partial charge is 0.493 e. The van der Waals surface area contributed by atoms with E-state index >= 15 is 0 Å². The number of nitro groups is 1. The van der Waals surface area contributed by atoms with E-state index in [-0.39, 0.29) is 17.2 Å². The van der Waals surface area contributed by atoms with E-state index in [4.69, 9.17) is 9.16 Å². The van der Waals surface area contributed by atoms with Gasteiger partial charge in [-0.3, -0.25) is 10.1 Å². The smallest absolute Gasteiger partial charge is 0.273 e. The van der Waals surface area contributed by atoms with Gasteiger partial charge in [0.05, 0.1) is 23.7 Å². The molecule has 0 saturated heterocycles. The fourth-order valence-electron chi connectivity index (χ4n) is 2.00. The lowest BCUT2D eigenvalue weighted by atomic mass is 9.87. The monoisotopic (exact) mass is 311 g/mol. The normalized spacial score (nSPS) is 13.2. The van der Waals surface area contributed by atoms with Crippen molar-refractivity contribution in [3.05, 3.63) is 34.4 Å². The Morgan fingerprint density at radius 3 is 2.52 bits per heavy atom. The molecule has 1 atom stereocenters. The molecule has 0 amide bonds. The summed E-state index contributed by atoms with van der Waals surface area (Å²) in [5.41, 5.74) is 0.106. The third kappa shape index (κ3) is 6.26. The van der Waals surface area contributed by atoms with Crippen LogP contribution in [0.1, 0.15) is 27.2 Å². The van der Waals surface area contributed by atoms with Crippen molar-refractivity contribution in [3.8, 4) is 5.75 Å². The number of hydrogen-bond acceptors (Lipinski definition) is 4. The predicted octanol–water partition coefficient (Wildman–Crippen LogP) is 3.78. The van der Waals surface area contributed by atoms with E-state index in [9.17, 15) is 10.1 Å². The molecule has 0 spiro atoms. The number of nitrogens with zero attached hydrogens (tertiary/aromatic N) is 1. The first-order valence-electron chi connectivity index (χ1n) is 7.23. The molecule has 5 nitrogen and oxygen atoms in total. The van der Waals surface area contributed by atoms with Crippen LogP contribution in [0.15, 0.2) is 24.3 Å². The summed E-state index contributed by atoms with van der Waals surface area (Å²) < 4.78 is 11.7. The summed E-state index contributed by atoms with van der Waals surface area (Å²) in [6, 6.07) is 6.27. The Balaban J connectivity index is 2.58. The van der Waals surface area contributed by atoms with E-state index in [0.717, 1.165) is 6.42 Å². The van der Waals surface area contributed by atoms with Crippen LogP contribution in [0.4, 0.5) is 5.69 Å². The van der Waals surface area contributed by atoms with Gasteiger partial charge in [0.25, 0.3) is 5.69 Å². The molecule has 0 saturated carbocycles. The quantitative estimate of drug-likeness (QED) is 0.437. The van der Waals surface area contributed by atoms with Crippen LogP contribution in [0.5, 0.6) is 5.75 Å². The fraction of sp³-hybridized carbons (Fsp3) is 0.600. The molecule has 1 rings (SSSR count). The summed E-state index contributed by atoms with van der Waals surface area (Å²) >= 11 is 0. The number of rotatable bonds is 7. The SMILES string of the molecule is C[SiH](C)OC(CCOc1cccc([N+](=O)[O-])c1)C(C)(C)C. The Morgan fingerprint density at radius 2 is 2.00 bits per heavy atom. The standard InChI is InChI=1S/C15H25NO4Si/c1-15(2,3)14(20-21(4)5)9-10-19-13-8-6-7-12(11-13)16(17)18/h6-8,11,14,21H,9-10H2,1-5H3. The van der Waals surface area contributed by atoms with Crippen molar-refractivity contribution in [1.29, 1.82) is 0 Å². The average molecular weight is 311 g/mol. The lowest BCUT2D eigenvalue weighted by Gasteiger charge is -2.32. The van der Waals surface area contributed by atoms with E-state index in [1.54, 1.807) is 12.1 Å². The van der Waals surface area contributed by atoms with Crippen LogP contribution in [0, 0.1) is 15.5 Å². The summed E-state index contributed by atoms with van der Waals surface area (Å²) in [7, 11) is -1.11. The zero-order valence-electron chi connectivity index (χ0n) is 13.5. The Hall–Kier alpha value is -1.40. The van der Waals surface area contributed by atoms with Gasteiger partial charge < -0.3 is 9.16 Å². The van der Waals surface area contributed by atoms with Gasteiger partial charge in [-0.05, 0) is 24.6 Å². The molecule has 0 aromatic heterocycles. The second-order valence-corrected chi connectivity index (χ2v) is 8.80. The van der Waals surface area contributed by atoms with Gasteiger partial charge in [-0.15, -0.1) is 0 Å². The number of hydrogen-bond donors (Lipinski definition) is 0. The van der Waals surface area contributed by atoms with E-state index in [0.29, 0.717) is 12.4 Å². The van der Waals surface area contributed by atoms with Crippen molar-refractivity contribution >= 4 is 14.7 Å². The van der Waals surface area contributed by atoms with Gasteiger partial charge in [0.2, 0.25) is 0 Å². The Bertz CT molecular complexity index is 471. The highest BCUT2D eigenvalue weighted by Gasteiger charge is 2.26. The molecule has 1 aromatic carbocycles. The van der Waals surface area contributed by atoms with Crippen molar-refractivity contribution in [3.63, 3.8) is 0 Å². The Morgan fingerprint density at radius 1 is 1.33 bits per heavy atom. The molecule has 0 aliphatic carbocycles. The van der Waals surface area contributed by atoms with Crippen molar-refractivity contribution in [1.82, 2.24) is 0 Å². The number of nitro benzene ring substituents is 1. The third-order valence-corrected chi connectivity index (χ3v) is 3.95. The summed E-state index contributed by atoms with van der Waals surface area (Å²) in [5, 5.41) is 10.7. The minimum atomic E-state index is -1.11. The molecule has 0 radical (unpaired) electrons. The van der Waals surface area contributed by atoms with Crippen molar-refractivity contribution in [2.45, 2.75) is 46.4 Å². The topological polar surface area (TPSA) is 61.6 Å². The minimum absolute atomic E-state index is 0.0470. The lowest BCUT2D eigenvalue weighted by Crippen LogP contribution is -2.34. The summed E-state index contributed by atoms with van der Waals surface area (Å²) in [4.78, 5) is 10.3. The van der Waals surface area contributed by atoms with Crippen LogP contribution in [0.25, 0.3) is 0 Å². The number of benzene rings is 1. The Kier molecular flexibility index (Phi) is 6.35. The molecule has 6 heteroatoms. The maximum atomic E-state index is 10.7. The molecular weight excluding hydrogens is 286 g/mol. The molecule has 0 aliphatic heterocycles. The second kappa shape index (κ2) is 7.56. The van der Waals surface area contributed by atoms with Gasteiger partial charge in [0, 0.05) is 12.5 Å². The first kappa shape index (κ1) is 17.6. The van der Waals surface area contributed by atoms with Crippen LogP contribution in [0.3, 0.4) is 0 Å². The first-order chi connectivity index (χ1) is 9.70. The summed E-state index contributed by atoms with van der Waals surface area (Å²) in [5.74, 6) is 0.527. The maximum absolute atomic E-state index is 10.7. The maximum Gasteiger partial charge on any atom is 0.273 e. The molecular formula is C15H25NO4Si. The van der Waals surface area contributed by atoms with E-state index in [1.807, 2.05) is 0 Å². The second-order valence-electron chi connectivity index (χ2n) is 6.43. The van der Waals surface area contributed by atoms with E-state index < -0.39 is 14.0 Å². The molecule has 21 heavy (non-hydrogen) atoms. The third-order valence-electron chi connectivity index (χ3n) is 3.08. The van der Waals surface area contributed by atoms with Crippen LogP contribution in [-0.4, -0.2) is 26.7 Å². The van der Waals surface area contributed by atoms with Crippen LogP contribution >= 0.6 is 0 Å². The van der Waals surface area contributed by atoms with Crippen molar-refractivity contribution in [2.75, 3.05) is 6.61 Å².